The van der Waals surface area contributed by atoms with Gasteiger partial charge in [-0.05, 0) is 101 Å². The summed E-state index contributed by atoms with van der Waals surface area (Å²) >= 11 is 0. The van der Waals surface area contributed by atoms with Crippen LogP contribution in [0.3, 0.4) is 0 Å². The van der Waals surface area contributed by atoms with E-state index < -0.39 is 0 Å². The number of nitrogens with zero attached hydrogens (tertiary/aromatic N) is 2. The molecule has 2 bridgehead atoms. The number of likely N-dealkylation sites (tertiary alicyclic amines) is 1. The molecule has 1 spiro atoms. The van der Waals surface area contributed by atoms with E-state index >= 15 is 0 Å². The Bertz CT molecular complexity index is 879. The van der Waals surface area contributed by atoms with Crippen molar-refractivity contribution < 1.29 is 14.3 Å². The van der Waals surface area contributed by atoms with Gasteiger partial charge in [0.15, 0.2) is 0 Å². The van der Waals surface area contributed by atoms with Gasteiger partial charge in [-0.15, -0.1) is 0 Å². The highest BCUT2D eigenvalue weighted by molar-refractivity contribution is 5.73. The van der Waals surface area contributed by atoms with Gasteiger partial charge < -0.3 is 19.9 Å². The predicted octanol–water partition coefficient (Wildman–Crippen LogP) is 4.92. The molecule has 1 N–H and O–H groups in total. The molecule has 5 rings (SSSR count). The first-order chi connectivity index (χ1) is 16.5. The number of nitrogens with one attached hydrogen (secondary N) is 1. The Morgan fingerprint density at radius 3 is 2.18 bits per heavy atom. The highest BCUT2D eigenvalue weighted by atomic mass is 16.6. The van der Waals surface area contributed by atoms with E-state index in [1.54, 1.807) is 6.92 Å². The Kier molecular flexibility index (Phi) is 6.88. The van der Waals surface area contributed by atoms with E-state index in [9.17, 15) is 9.59 Å². The van der Waals surface area contributed by atoms with Gasteiger partial charge >= 0.3 is 6.09 Å². The normalized spacial score (nSPS) is 30.8. The van der Waals surface area contributed by atoms with E-state index in [0.717, 1.165) is 51.6 Å². The lowest BCUT2D eigenvalue weighted by atomic mass is 9.63. The van der Waals surface area contributed by atoms with Crippen molar-refractivity contribution in [2.24, 2.45) is 0 Å². The van der Waals surface area contributed by atoms with Gasteiger partial charge in [0.05, 0.1) is 12.6 Å². The highest BCUT2D eigenvalue weighted by Crippen LogP contribution is 2.48. The highest BCUT2D eigenvalue weighted by Gasteiger charge is 2.44. The van der Waals surface area contributed by atoms with Crippen molar-refractivity contribution in [2.45, 2.75) is 108 Å². The third-order valence-electron chi connectivity index (χ3n) is 9.23. The second-order valence-electron chi connectivity index (χ2n) is 11.0. The van der Waals surface area contributed by atoms with E-state index in [1.165, 1.54) is 36.8 Å². The second kappa shape index (κ2) is 9.88. The zero-order chi connectivity index (χ0) is 23.7. The summed E-state index contributed by atoms with van der Waals surface area (Å²) in [6.45, 7) is 6.29. The van der Waals surface area contributed by atoms with Crippen LogP contribution in [0, 0.1) is 0 Å². The van der Waals surface area contributed by atoms with Crippen LogP contribution in [0.1, 0.15) is 95.2 Å². The summed E-state index contributed by atoms with van der Waals surface area (Å²) in [7, 11) is 0. The zero-order valence-electron chi connectivity index (χ0n) is 20.9. The number of ether oxygens (including phenoxy) is 1. The molecule has 2 amide bonds. The van der Waals surface area contributed by atoms with E-state index in [-0.39, 0.29) is 23.5 Å². The van der Waals surface area contributed by atoms with Crippen LogP contribution >= 0.6 is 0 Å². The maximum atomic E-state index is 12.5. The average Bonchev–Trinajstić information content (AvgIpc) is 3.27. The fraction of sp³-hybridized carbons (Fsp3) is 0.714. The Balaban J connectivity index is 1.24. The van der Waals surface area contributed by atoms with Crippen molar-refractivity contribution in [1.82, 2.24) is 15.1 Å². The van der Waals surface area contributed by atoms with E-state index in [0.29, 0.717) is 24.7 Å². The molecule has 6 heteroatoms. The quantitative estimate of drug-likeness (QED) is 0.685. The molecule has 0 saturated carbocycles. The summed E-state index contributed by atoms with van der Waals surface area (Å²) in [6.07, 6.45) is 11.3. The molecular formula is C28H41N3O3. The van der Waals surface area contributed by atoms with Gasteiger partial charge in [-0.3, -0.25) is 4.79 Å². The van der Waals surface area contributed by atoms with Gasteiger partial charge in [-0.2, -0.15) is 0 Å². The monoisotopic (exact) mass is 467 g/mol. The number of hydrogen-bond acceptors (Lipinski definition) is 4. The number of carbonyl (C=O) groups excluding carboxylic acids is 2. The first-order valence-corrected chi connectivity index (χ1v) is 13.6. The molecule has 1 aromatic rings. The molecule has 3 atom stereocenters. The minimum Gasteiger partial charge on any atom is -0.450 e. The molecule has 4 aliphatic rings. The van der Waals surface area contributed by atoms with Gasteiger partial charge in [0.2, 0.25) is 5.91 Å². The van der Waals surface area contributed by atoms with Crippen LogP contribution in [0.2, 0.25) is 0 Å². The maximum Gasteiger partial charge on any atom is 0.410 e. The summed E-state index contributed by atoms with van der Waals surface area (Å²) < 4.78 is 5.38. The molecular weight excluding hydrogens is 426 g/mol. The number of rotatable bonds is 3. The zero-order valence-corrected chi connectivity index (χ0v) is 20.9. The summed E-state index contributed by atoms with van der Waals surface area (Å²) in [5, 5.41) is 3.18. The summed E-state index contributed by atoms with van der Waals surface area (Å²) in [5.41, 5.74) is 3.06. The third-order valence-corrected chi connectivity index (χ3v) is 9.23. The largest absolute Gasteiger partial charge is 0.450 e. The van der Waals surface area contributed by atoms with Crippen molar-refractivity contribution in [1.29, 1.82) is 0 Å². The molecule has 0 radical (unpaired) electrons. The lowest BCUT2D eigenvalue weighted by Gasteiger charge is -2.49. The van der Waals surface area contributed by atoms with Crippen LogP contribution in [-0.4, -0.2) is 59.6 Å². The minimum absolute atomic E-state index is 0.0605. The fourth-order valence-corrected chi connectivity index (χ4v) is 7.53. The standard InChI is InChI=1S/C28H41N3O3/c1-3-34-27(33)31-22-10-8-21(9-11-23(31)13-12-22)30-18-16-28(17-19-30)15-14-26(29-20(2)32)24-6-4-5-7-25(24)28/h4-7,21-23,26H,3,8-19H2,1-2H3,(H,29,32)/t21?,22?,23?,26-/m1/s1. The van der Waals surface area contributed by atoms with Gasteiger partial charge in [0.25, 0.3) is 0 Å². The number of fused-ring (bicyclic) bond motifs is 4. The van der Waals surface area contributed by atoms with Gasteiger partial charge in [-0.1, -0.05) is 24.3 Å². The first kappa shape index (κ1) is 23.7. The SMILES string of the molecule is CCOC(=O)N1C2CCC(N3CCC4(CC[C@@H](NC(C)=O)c5ccccc54)CC3)CCC1CC2. The summed E-state index contributed by atoms with van der Waals surface area (Å²) in [6, 6.07) is 10.3. The van der Waals surface area contributed by atoms with Crippen molar-refractivity contribution in [2.75, 3.05) is 19.7 Å². The fourth-order valence-electron chi connectivity index (χ4n) is 7.53. The lowest BCUT2D eigenvalue weighted by molar-refractivity contribution is -0.119. The van der Waals surface area contributed by atoms with Gasteiger partial charge in [0.1, 0.15) is 0 Å². The van der Waals surface area contributed by atoms with E-state index in [4.69, 9.17) is 4.74 Å². The van der Waals surface area contributed by atoms with Gasteiger partial charge in [0, 0.05) is 25.0 Å². The first-order valence-electron chi connectivity index (χ1n) is 13.6. The van der Waals surface area contributed by atoms with Crippen LogP contribution in [-0.2, 0) is 14.9 Å². The van der Waals surface area contributed by atoms with Crippen LogP contribution in [0.5, 0.6) is 0 Å². The molecule has 34 heavy (non-hydrogen) atoms. The molecule has 1 aliphatic carbocycles. The Morgan fingerprint density at radius 2 is 1.56 bits per heavy atom. The van der Waals surface area contributed by atoms with E-state index in [1.807, 2.05) is 6.92 Å². The molecule has 3 aliphatic heterocycles. The Morgan fingerprint density at radius 1 is 0.941 bits per heavy atom. The molecule has 2 unspecified atom stereocenters. The smallest absolute Gasteiger partial charge is 0.410 e. The van der Waals surface area contributed by atoms with E-state index in [2.05, 4.69) is 39.4 Å². The summed E-state index contributed by atoms with van der Waals surface area (Å²) in [5.74, 6) is 0.0605. The molecule has 6 nitrogen and oxygen atoms in total. The molecule has 3 fully saturated rings. The minimum atomic E-state index is -0.0955. The topological polar surface area (TPSA) is 61.9 Å². The van der Waals surface area contributed by atoms with Crippen molar-refractivity contribution in [3.8, 4) is 0 Å². The van der Waals surface area contributed by atoms with Crippen molar-refractivity contribution >= 4 is 12.0 Å². The number of hydrogen-bond donors (Lipinski definition) is 1. The molecule has 3 saturated heterocycles. The molecule has 186 valence electrons. The number of benzene rings is 1. The van der Waals surface area contributed by atoms with Crippen LogP contribution in [0.25, 0.3) is 0 Å². The molecule has 0 aromatic heterocycles. The number of amides is 2. The maximum absolute atomic E-state index is 12.5. The lowest BCUT2D eigenvalue weighted by Crippen LogP contribution is -2.51. The second-order valence-corrected chi connectivity index (χ2v) is 11.0. The number of carbonyl (C=O) groups is 2. The third kappa shape index (κ3) is 4.46. The van der Waals surface area contributed by atoms with Crippen LogP contribution in [0.4, 0.5) is 4.79 Å². The predicted molar refractivity (Wildman–Crippen MR) is 133 cm³/mol. The molecule has 3 heterocycles. The van der Waals surface area contributed by atoms with Gasteiger partial charge in [-0.25, -0.2) is 4.79 Å². The Hall–Kier alpha value is -2.08. The Labute approximate surface area is 204 Å². The van der Waals surface area contributed by atoms with Crippen LogP contribution in [0.15, 0.2) is 24.3 Å². The summed E-state index contributed by atoms with van der Waals surface area (Å²) in [4.78, 5) is 29.1. The average molecular weight is 468 g/mol. The van der Waals surface area contributed by atoms with Crippen LogP contribution < -0.4 is 5.32 Å². The van der Waals surface area contributed by atoms with Crippen molar-refractivity contribution in [3.63, 3.8) is 0 Å². The van der Waals surface area contributed by atoms with Crippen molar-refractivity contribution in [3.05, 3.63) is 35.4 Å². The number of piperidine rings is 1. The molecule has 1 aromatic carbocycles.